The monoisotopic (exact) mass is 297 g/mol. The molecule has 1 aliphatic carbocycles. The summed E-state index contributed by atoms with van der Waals surface area (Å²) in [5, 5.41) is 3.26. The lowest BCUT2D eigenvalue weighted by atomic mass is 9.78. The molecule has 3 unspecified atom stereocenters. The van der Waals surface area contributed by atoms with E-state index in [9.17, 15) is 4.79 Å². The summed E-state index contributed by atoms with van der Waals surface area (Å²) in [5.41, 5.74) is -0.483. The first-order valence-corrected chi connectivity index (χ1v) is 8.31. The van der Waals surface area contributed by atoms with Crippen molar-refractivity contribution in [1.29, 1.82) is 0 Å². The number of esters is 1. The van der Waals surface area contributed by atoms with Crippen LogP contribution < -0.4 is 5.32 Å². The summed E-state index contributed by atoms with van der Waals surface area (Å²) in [5.74, 6) is -0.102. The van der Waals surface area contributed by atoms with Gasteiger partial charge in [-0.1, -0.05) is 6.92 Å². The molecule has 21 heavy (non-hydrogen) atoms. The van der Waals surface area contributed by atoms with Crippen molar-refractivity contribution in [3.63, 3.8) is 0 Å². The van der Waals surface area contributed by atoms with Crippen LogP contribution in [0.4, 0.5) is 0 Å². The maximum Gasteiger partial charge on any atom is 0.326 e. The molecule has 3 atom stereocenters. The Kier molecular flexibility index (Phi) is 5.63. The standard InChI is InChI=1S/C16H31N3O2/c1-5-18-9-10-19(12-13(18)2)14-7-6-8-16(11-14,17-3)15(20)21-4/h13-14,17H,5-12H2,1-4H3. The van der Waals surface area contributed by atoms with Gasteiger partial charge >= 0.3 is 5.97 Å². The number of nitrogens with zero attached hydrogens (tertiary/aromatic N) is 2. The molecule has 0 radical (unpaired) electrons. The minimum absolute atomic E-state index is 0.102. The fraction of sp³-hybridized carbons (Fsp3) is 0.938. The van der Waals surface area contributed by atoms with Gasteiger partial charge in [0.25, 0.3) is 0 Å². The van der Waals surface area contributed by atoms with Crippen LogP contribution >= 0.6 is 0 Å². The predicted octanol–water partition coefficient (Wildman–Crippen LogP) is 1.09. The van der Waals surface area contributed by atoms with Crippen LogP contribution in [0.2, 0.25) is 0 Å². The number of rotatable bonds is 4. The van der Waals surface area contributed by atoms with Gasteiger partial charge in [0.15, 0.2) is 0 Å². The molecule has 0 aromatic heterocycles. The number of hydrogen-bond acceptors (Lipinski definition) is 5. The molecule has 1 N–H and O–H groups in total. The number of carbonyl (C=O) groups is 1. The van der Waals surface area contributed by atoms with Crippen molar-refractivity contribution < 1.29 is 9.53 Å². The van der Waals surface area contributed by atoms with Gasteiger partial charge in [-0.25, -0.2) is 0 Å². The second-order valence-corrected chi connectivity index (χ2v) is 6.55. The molecular formula is C16H31N3O2. The summed E-state index contributed by atoms with van der Waals surface area (Å²) in [6.45, 7) is 9.03. The molecule has 5 heteroatoms. The lowest BCUT2D eigenvalue weighted by Gasteiger charge is -2.47. The Morgan fingerprint density at radius 3 is 2.76 bits per heavy atom. The van der Waals surface area contributed by atoms with E-state index >= 15 is 0 Å². The Morgan fingerprint density at radius 1 is 1.43 bits per heavy atom. The van der Waals surface area contributed by atoms with Gasteiger partial charge in [-0.2, -0.15) is 0 Å². The average molecular weight is 297 g/mol. The molecule has 0 spiro atoms. The first-order valence-electron chi connectivity index (χ1n) is 8.31. The second kappa shape index (κ2) is 7.07. The SMILES string of the molecule is CCN1CCN(C2CCCC(NC)(C(=O)OC)C2)CC1C. The fourth-order valence-electron chi connectivity index (χ4n) is 4.09. The van der Waals surface area contributed by atoms with Gasteiger partial charge in [0, 0.05) is 31.7 Å². The smallest absolute Gasteiger partial charge is 0.326 e. The van der Waals surface area contributed by atoms with Crippen LogP contribution in [0.25, 0.3) is 0 Å². The summed E-state index contributed by atoms with van der Waals surface area (Å²) in [4.78, 5) is 17.3. The molecule has 2 fully saturated rings. The largest absolute Gasteiger partial charge is 0.468 e. The van der Waals surface area contributed by atoms with E-state index in [1.54, 1.807) is 0 Å². The molecule has 1 heterocycles. The number of likely N-dealkylation sites (N-methyl/N-ethyl adjacent to an activating group) is 2. The zero-order valence-corrected chi connectivity index (χ0v) is 14.0. The Labute approximate surface area is 129 Å². The number of hydrogen-bond donors (Lipinski definition) is 1. The average Bonchev–Trinajstić information content (AvgIpc) is 2.53. The van der Waals surface area contributed by atoms with E-state index in [0.29, 0.717) is 12.1 Å². The van der Waals surface area contributed by atoms with Crippen LogP contribution in [-0.2, 0) is 9.53 Å². The van der Waals surface area contributed by atoms with Crippen molar-refractivity contribution in [3.05, 3.63) is 0 Å². The molecule has 0 aromatic carbocycles. The highest BCUT2D eigenvalue weighted by Gasteiger charge is 2.44. The highest BCUT2D eigenvalue weighted by Crippen LogP contribution is 2.33. The summed E-state index contributed by atoms with van der Waals surface area (Å²) < 4.78 is 5.05. The second-order valence-electron chi connectivity index (χ2n) is 6.55. The van der Waals surface area contributed by atoms with Crippen LogP contribution in [0, 0.1) is 0 Å². The van der Waals surface area contributed by atoms with Gasteiger partial charge in [0.2, 0.25) is 0 Å². The highest BCUT2D eigenvalue weighted by molar-refractivity contribution is 5.81. The number of carbonyl (C=O) groups excluding carboxylic acids is 1. The van der Waals surface area contributed by atoms with Crippen molar-refractivity contribution in [3.8, 4) is 0 Å². The topological polar surface area (TPSA) is 44.8 Å². The number of nitrogens with one attached hydrogen (secondary N) is 1. The predicted molar refractivity (Wildman–Crippen MR) is 84.3 cm³/mol. The first kappa shape index (κ1) is 16.7. The van der Waals surface area contributed by atoms with Crippen LogP contribution in [0.15, 0.2) is 0 Å². The van der Waals surface area contributed by atoms with Crippen molar-refractivity contribution in [1.82, 2.24) is 15.1 Å². The molecule has 0 amide bonds. The molecule has 122 valence electrons. The molecule has 1 saturated heterocycles. The minimum Gasteiger partial charge on any atom is -0.468 e. The lowest BCUT2D eigenvalue weighted by Crippen LogP contribution is -2.61. The molecule has 0 bridgehead atoms. The van der Waals surface area contributed by atoms with Crippen molar-refractivity contribution in [2.24, 2.45) is 0 Å². The number of ether oxygens (including phenoxy) is 1. The molecule has 5 nitrogen and oxygen atoms in total. The van der Waals surface area contributed by atoms with Gasteiger partial charge in [-0.05, 0) is 46.2 Å². The van der Waals surface area contributed by atoms with E-state index in [2.05, 4.69) is 29.0 Å². The van der Waals surface area contributed by atoms with Gasteiger partial charge in [-0.3, -0.25) is 14.6 Å². The molecule has 2 aliphatic rings. The molecule has 0 aromatic rings. The summed E-state index contributed by atoms with van der Waals surface area (Å²) in [6.07, 6.45) is 4.04. The zero-order chi connectivity index (χ0) is 15.5. The lowest BCUT2D eigenvalue weighted by molar-refractivity contribution is -0.151. The van der Waals surface area contributed by atoms with E-state index < -0.39 is 5.54 Å². The van der Waals surface area contributed by atoms with E-state index in [4.69, 9.17) is 4.74 Å². The normalized spacial score (nSPS) is 35.6. The Balaban J connectivity index is 2.02. The maximum atomic E-state index is 12.2. The van der Waals surface area contributed by atoms with E-state index in [0.717, 1.165) is 45.4 Å². The number of piperazine rings is 1. The van der Waals surface area contributed by atoms with Crippen molar-refractivity contribution in [2.75, 3.05) is 40.3 Å². The molecular weight excluding hydrogens is 266 g/mol. The third-order valence-corrected chi connectivity index (χ3v) is 5.50. The van der Waals surface area contributed by atoms with Gasteiger partial charge in [0.1, 0.15) is 5.54 Å². The van der Waals surface area contributed by atoms with Crippen molar-refractivity contribution in [2.45, 2.75) is 57.2 Å². The van der Waals surface area contributed by atoms with Gasteiger partial charge < -0.3 is 10.1 Å². The Bertz CT molecular complexity index is 363. The Morgan fingerprint density at radius 2 is 2.19 bits per heavy atom. The van der Waals surface area contributed by atoms with Gasteiger partial charge in [0.05, 0.1) is 7.11 Å². The van der Waals surface area contributed by atoms with Gasteiger partial charge in [-0.15, -0.1) is 0 Å². The van der Waals surface area contributed by atoms with E-state index in [1.807, 2.05) is 7.05 Å². The van der Waals surface area contributed by atoms with Crippen LogP contribution in [0.1, 0.15) is 39.5 Å². The minimum atomic E-state index is -0.483. The third kappa shape index (κ3) is 3.41. The third-order valence-electron chi connectivity index (χ3n) is 5.50. The molecule has 1 saturated carbocycles. The maximum absolute atomic E-state index is 12.2. The van der Waals surface area contributed by atoms with Crippen LogP contribution in [-0.4, -0.2) is 73.7 Å². The number of methoxy groups -OCH3 is 1. The summed E-state index contributed by atoms with van der Waals surface area (Å²) >= 11 is 0. The van der Waals surface area contributed by atoms with Crippen LogP contribution in [0.3, 0.4) is 0 Å². The zero-order valence-electron chi connectivity index (χ0n) is 14.0. The van der Waals surface area contributed by atoms with Crippen LogP contribution in [0.5, 0.6) is 0 Å². The highest BCUT2D eigenvalue weighted by atomic mass is 16.5. The molecule has 1 aliphatic heterocycles. The summed E-state index contributed by atoms with van der Waals surface area (Å²) in [6, 6.07) is 1.10. The Hall–Kier alpha value is -0.650. The van der Waals surface area contributed by atoms with E-state index in [-0.39, 0.29) is 5.97 Å². The quantitative estimate of drug-likeness (QED) is 0.787. The molecule has 2 rings (SSSR count). The summed E-state index contributed by atoms with van der Waals surface area (Å²) in [7, 11) is 3.38. The first-order chi connectivity index (χ1) is 10.1. The van der Waals surface area contributed by atoms with E-state index in [1.165, 1.54) is 13.5 Å². The van der Waals surface area contributed by atoms with Crippen molar-refractivity contribution >= 4 is 5.97 Å². The fourth-order valence-corrected chi connectivity index (χ4v) is 4.09.